The first-order valence-corrected chi connectivity index (χ1v) is 7.73. The molecule has 0 saturated heterocycles. The third-order valence-electron chi connectivity index (χ3n) is 2.98. The average Bonchev–Trinajstić information content (AvgIpc) is 2.37. The molecule has 1 aromatic rings. The number of rotatable bonds is 7. The van der Waals surface area contributed by atoms with Crippen molar-refractivity contribution in [2.24, 2.45) is 0 Å². The molecule has 0 radical (unpaired) electrons. The van der Waals surface area contributed by atoms with E-state index in [9.17, 15) is 13.2 Å². The highest BCUT2D eigenvalue weighted by molar-refractivity contribution is 7.87. The van der Waals surface area contributed by atoms with E-state index >= 15 is 0 Å². The van der Waals surface area contributed by atoms with Crippen molar-refractivity contribution in [3.8, 4) is 0 Å². The lowest BCUT2D eigenvalue weighted by atomic mass is 10.1. The second-order valence-corrected chi connectivity index (χ2v) is 6.58. The summed E-state index contributed by atoms with van der Waals surface area (Å²) in [5.41, 5.74) is 0.976. The minimum Gasteiger partial charge on any atom is -0.478 e. The largest absolute Gasteiger partial charge is 0.478 e. The molecule has 0 aliphatic carbocycles. The number of benzene rings is 1. The summed E-state index contributed by atoms with van der Waals surface area (Å²) in [5, 5.41) is 8.88. The van der Waals surface area contributed by atoms with Gasteiger partial charge in [-0.2, -0.15) is 12.7 Å². The molecule has 6 nitrogen and oxygen atoms in total. The van der Waals surface area contributed by atoms with Gasteiger partial charge in [0.05, 0.1) is 5.56 Å². The Balaban J connectivity index is 2.61. The third kappa shape index (κ3) is 4.59. The van der Waals surface area contributed by atoms with E-state index in [1.807, 2.05) is 0 Å². The Bertz CT molecular complexity index is 569. The highest BCUT2D eigenvalue weighted by Gasteiger charge is 2.19. The van der Waals surface area contributed by atoms with Gasteiger partial charge in [-0.25, -0.2) is 9.52 Å². The van der Waals surface area contributed by atoms with Crippen LogP contribution >= 0.6 is 0 Å². The van der Waals surface area contributed by atoms with Crippen LogP contribution < -0.4 is 4.72 Å². The molecule has 0 atom stereocenters. The van der Waals surface area contributed by atoms with Gasteiger partial charge >= 0.3 is 5.97 Å². The van der Waals surface area contributed by atoms with Crippen molar-refractivity contribution in [2.45, 2.75) is 26.3 Å². The van der Waals surface area contributed by atoms with E-state index in [1.165, 1.54) is 17.4 Å². The Labute approximate surface area is 119 Å². The van der Waals surface area contributed by atoms with Gasteiger partial charge < -0.3 is 5.11 Å². The second kappa shape index (κ2) is 6.83. The number of nitrogens with one attached hydrogen (secondary N) is 1. The summed E-state index contributed by atoms with van der Waals surface area (Å²) in [7, 11) is -1.98. The maximum Gasteiger partial charge on any atom is 0.335 e. The molecule has 0 aliphatic heterocycles. The average molecular weight is 300 g/mol. The van der Waals surface area contributed by atoms with Crippen LogP contribution in [0.4, 0.5) is 0 Å². The summed E-state index contributed by atoms with van der Waals surface area (Å²) >= 11 is 0. The van der Waals surface area contributed by atoms with Crippen molar-refractivity contribution in [1.29, 1.82) is 0 Å². The fourth-order valence-electron chi connectivity index (χ4n) is 1.56. The molecule has 0 fully saturated rings. The second-order valence-electron chi connectivity index (χ2n) is 4.76. The molecule has 0 bridgehead atoms. The molecule has 1 rings (SSSR count). The Morgan fingerprint density at radius 1 is 1.40 bits per heavy atom. The highest BCUT2D eigenvalue weighted by Crippen LogP contribution is 2.06. The van der Waals surface area contributed by atoms with E-state index in [1.54, 1.807) is 32.0 Å². The molecule has 0 saturated carbocycles. The van der Waals surface area contributed by atoms with Gasteiger partial charge in [-0.15, -0.1) is 0 Å². The first-order chi connectivity index (χ1) is 9.24. The number of hydrogen-bond acceptors (Lipinski definition) is 3. The van der Waals surface area contributed by atoms with Gasteiger partial charge in [-0.1, -0.05) is 12.1 Å². The van der Waals surface area contributed by atoms with Gasteiger partial charge in [-0.05, 0) is 38.0 Å². The van der Waals surface area contributed by atoms with Crippen LogP contribution in [0.25, 0.3) is 0 Å². The number of carboxylic acid groups (broad SMARTS) is 1. The Kier molecular flexibility index (Phi) is 5.67. The van der Waals surface area contributed by atoms with E-state index < -0.39 is 16.2 Å². The lowest BCUT2D eigenvalue weighted by Gasteiger charge is -2.21. The van der Waals surface area contributed by atoms with Crippen LogP contribution in [0.5, 0.6) is 0 Å². The Morgan fingerprint density at radius 3 is 2.60 bits per heavy atom. The third-order valence-corrected chi connectivity index (χ3v) is 4.73. The topological polar surface area (TPSA) is 86.7 Å². The van der Waals surface area contributed by atoms with E-state index in [-0.39, 0.29) is 18.2 Å². The molecule has 112 valence electrons. The van der Waals surface area contributed by atoms with Crippen molar-refractivity contribution < 1.29 is 18.3 Å². The van der Waals surface area contributed by atoms with Gasteiger partial charge in [0, 0.05) is 19.6 Å². The monoisotopic (exact) mass is 300 g/mol. The van der Waals surface area contributed by atoms with Crippen molar-refractivity contribution in [3.05, 3.63) is 35.4 Å². The van der Waals surface area contributed by atoms with Crippen LogP contribution in [0.3, 0.4) is 0 Å². The summed E-state index contributed by atoms with van der Waals surface area (Å²) in [4.78, 5) is 10.8. The molecule has 0 aliphatic rings. The van der Waals surface area contributed by atoms with E-state index in [4.69, 9.17) is 5.11 Å². The summed E-state index contributed by atoms with van der Waals surface area (Å²) < 4.78 is 27.5. The number of carbonyl (C=O) groups is 1. The number of carboxylic acids is 1. The number of aromatic carboxylic acids is 1. The summed E-state index contributed by atoms with van der Waals surface area (Å²) in [5.74, 6) is -0.994. The smallest absolute Gasteiger partial charge is 0.335 e. The van der Waals surface area contributed by atoms with Gasteiger partial charge in [0.25, 0.3) is 10.2 Å². The molecule has 0 unspecified atom stereocenters. The van der Waals surface area contributed by atoms with Crippen LogP contribution in [0.15, 0.2) is 24.3 Å². The number of nitrogens with zero attached hydrogens (tertiary/aromatic N) is 1. The van der Waals surface area contributed by atoms with Gasteiger partial charge in [0.15, 0.2) is 0 Å². The molecule has 0 heterocycles. The first-order valence-electron chi connectivity index (χ1n) is 6.29. The zero-order chi connectivity index (χ0) is 15.3. The van der Waals surface area contributed by atoms with Crippen molar-refractivity contribution in [2.75, 3.05) is 13.6 Å². The molecular weight excluding hydrogens is 280 g/mol. The summed E-state index contributed by atoms with van der Waals surface area (Å²) in [6, 6.07) is 6.34. The van der Waals surface area contributed by atoms with Crippen LogP contribution in [-0.2, 0) is 16.6 Å². The minimum atomic E-state index is -3.49. The van der Waals surface area contributed by atoms with Crippen LogP contribution in [0.1, 0.15) is 29.8 Å². The van der Waals surface area contributed by atoms with Gasteiger partial charge in [-0.3, -0.25) is 0 Å². The molecule has 0 amide bonds. The van der Waals surface area contributed by atoms with Crippen LogP contribution in [0.2, 0.25) is 0 Å². The fourth-order valence-corrected chi connectivity index (χ4v) is 2.68. The van der Waals surface area contributed by atoms with Crippen LogP contribution in [0, 0.1) is 0 Å². The molecule has 2 N–H and O–H groups in total. The first kappa shape index (κ1) is 16.6. The lowest BCUT2D eigenvalue weighted by Crippen LogP contribution is -2.42. The Morgan fingerprint density at radius 2 is 2.05 bits per heavy atom. The van der Waals surface area contributed by atoms with Gasteiger partial charge in [0.2, 0.25) is 0 Å². The summed E-state index contributed by atoms with van der Waals surface area (Å²) in [6.07, 6.45) is 0.437. The maximum atomic E-state index is 11.9. The molecule has 0 aromatic heterocycles. The molecule has 1 aromatic carbocycles. The molecule has 7 heteroatoms. The van der Waals surface area contributed by atoms with Gasteiger partial charge in [0.1, 0.15) is 0 Å². The molecule has 0 spiro atoms. The predicted molar refractivity (Wildman–Crippen MR) is 76.9 cm³/mol. The van der Waals surface area contributed by atoms with Crippen LogP contribution in [-0.4, -0.2) is 43.4 Å². The molecule has 20 heavy (non-hydrogen) atoms. The summed E-state index contributed by atoms with van der Waals surface area (Å²) in [6.45, 7) is 3.80. The minimum absolute atomic E-state index is 0.122. The van der Waals surface area contributed by atoms with Crippen molar-refractivity contribution >= 4 is 16.2 Å². The van der Waals surface area contributed by atoms with Crippen molar-refractivity contribution in [3.63, 3.8) is 0 Å². The van der Waals surface area contributed by atoms with E-state index in [0.29, 0.717) is 6.42 Å². The zero-order valence-electron chi connectivity index (χ0n) is 11.8. The zero-order valence-corrected chi connectivity index (χ0v) is 12.6. The fraction of sp³-hybridized carbons (Fsp3) is 0.462. The predicted octanol–water partition coefficient (Wildman–Crippen LogP) is 1.10. The standard InChI is InChI=1S/C13H20N2O4S/c1-10(2)15(3)20(18,19)14-8-7-11-5-4-6-12(9-11)13(16)17/h4-6,9-10,14H,7-8H2,1-3H3,(H,16,17). The quantitative estimate of drug-likeness (QED) is 0.789. The number of hydrogen-bond donors (Lipinski definition) is 2. The Hall–Kier alpha value is -1.44. The SMILES string of the molecule is CC(C)N(C)S(=O)(=O)NCCc1cccc(C(=O)O)c1. The molecular formula is C13H20N2O4S. The van der Waals surface area contributed by atoms with E-state index in [2.05, 4.69) is 4.72 Å². The maximum absolute atomic E-state index is 11.9. The van der Waals surface area contributed by atoms with E-state index in [0.717, 1.165) is 5.56 Å². The lowest BCUT2D eigenvalue weighted by molar-refractivity contribution is 0.0696. The highest BCUT2D eigenvalue weighted by atomic mass is 32.2. The normalized spacial score (nSPS) is 12.1. The van der Waals surface area contributed by atoms with Crippen molar-refractivity contribution in [1.82, 2.24) is 9.03 Å².